The van der Waals surface area contributed by atoms with Gasteiger partial charge in [-0.2, -0.15) is 0 Å². The maximum absolute atomic E-state index is 11.9. The summed E-state index contributed by atoms with van der Waals surface area (Å²) >= 11 is 0. The monoisotopic (exact) mass is 353 g/mol. The molecular formula is C16H23N3O4S. The molecule has 24 heavy (non-hydrogen) atoms. The Morgan fingerprint density at radius 1 is 1.17 bits per heavy atom. The minimum atomic E-state index is -3.22. The molecule has 132 valence electrons. The Kier molecular flexibility index (Phi) is 5.82. The maximum Gasteiger partial charge on any atom is 0.313 e. The second-order valence-corrected chi connectivity index (χ2v) is 8.19. The molecule has 1 aromatic carbocycles. The molecule has 8 heteroatoms. The first-order chi connectivity index (χ1) is 11.3. The molecule has 1 saturated heterocycles. The lowest BCUT2D eigenvalue weighted by Gasteiger charge is -2.17. The van der Waals surface area contributed by atoms with E-state index in [0.29, 0.717) is 36.8 Å². The Morgan fingerprint density at radius 2 is 1.83 bits per heavy atom. The first kappa shape index (κ1) is 18.3. The van der Waals surface area contributed by atoms with Gasteiger partial charge in [0.25, 0.3) is 0 Å². The molecule has 0 aromatic heterocycles. The van der Waals surface area contributed by atoms with E-state index in [0.717, 1.165) is 6.42 Å². The maximum atomic E-state index is 11.9. The molecular weight excluding hydrogens is 330 g/mol. The third-order valence-corrected chi connectivity index (χ3v) is 5.60. The molecule has 0 unspecified atom stereocenters. The van der Waals surface area contributed by atoms with E-state index in [4.69, 9.17) is 0 Å². The van der Waals surface area contributed by atoms with Crippen molar-refractivity contribution in [2.45, 2.75) is 26.7 Å². The molecule has 2 amide bonds. The highest BCUT2D eigenvalue weighted by molar-refractivity contribution is 7.93. The smallest absolute Gasteiger partial charge is 0.313 e. The number of rotatable bonds is 5. The Bertz CT molecular complexity index is 699. The molecule has 0 aliphatic carbocycles. The zero-order valence-corrected chi connectivity index (χ0v) is 14.7. The summed E-state index contributed by atoms with van der Waals surface area (Å²) in [5.41, 5.74) is 1.01. The van der Waals surface area contributed by atoms with Crippen molar-refractivity contribution in [2.24, 2.45) is 5.92 Å². The Hall–Kier alpha value is -2.09. The van der Waals surface area contributed by atoms with Crippen LogP contribution in [0.2, 0.25) is 0 Å². The number of anilines is 2. The van der Waals surface area contributed by atoms with Crippen LogP contribution in [0.4, 0.5) is 11.4 Å². The molecule has 2 N–H and O–H groups in total. The van der Waals surface area contributed by atoms with Crippen LogP contribution in [0, 0.1) is 5.92 Å². The second kappa shape index (κ2) is 7.65. The van der Waals surface area contributed by atoms with Gasteiger partial charge in [0.05, 0.1) is 11.4 Å². The molecule has 1 heterocycles. The van der Waals surface area contributed by atoms with Crippen molar-refractivity contribution < 1.29 is 18.0 Å². The van der Waals surface area contributed by atoms with Crippen LogP contribution in [0.1, 0.15) is 26.7 Å². The van der Waals surface area contributed by atoms with E-state index in [2.05, 4.69) is 10.6 Å². The summed E-state index contributed by atoms with van der Waals surface area (Å²) in [6.45, 7) is 4.99. The highest BCUT2D eigenvalue weighted by atomic mass is 32.2. The molecule has 1 aliphatic rings. The number of nitrogens with one attached hydrogen (secondary N) is 2. The molecule has 1 aromatic rings. The van der Waals surface area contributed by atoms with Gasteiger partial charge in [-0.15, -0.1) is 0 Å². The van der Waals surface area contributed by atoms with Crippen molar-refractivity contribution in [1.29, 1.82) is 0 Å². The molecule has 7 nitrogen and oxygen atoms in total. The first-order valence-corrected chi connectivity index (χ1v) is 9.60. The van der Waals surface area contributed by atoms with Crippen LogP contribution in [-0.2, 0) is 19.6 Å². The second-order valence-electron chi connectivity index (χ2n) is 6.18. The topological polar surface area (TPSA) is 95.6 Å². The van der Waals surface area contributed by atoms with Crippen LogP contribution in [-0.4, -0.2) is 39.1 Å². The average Bonchev–Trinajstić information content (AvgIpc) is 2.87. The van der Waals surface area contributed by atoms with Crippen LogP contribution >= 0.6 is 0 Å². The van der Waals surface area contributed by atoms with E-state index in [1.54, 1.807) is 24.3 Å². The summed E-state index contributed by atoms with van der Waals surface area (Å²) in [5.74, 6) is -0.813. The van der Waals surface area contributed by atoms with Gasteiger partial charge in [-0.25, -0.2) is 8.42 Å². The van der Waals surface area contributed by atoms with E-state index in [-0.39, 0.29) is 5.75 Å². The van der Waals surface area contributed by atoms with Crippen LogP contribution in [0.5, 0.6) is 0 Å². The van der Waals surface area contributed by atoms with Crippen molar-refractivity contribution in [3.05, 3.63) is 24.3 Å². The third-order valence-electron chi connectivity index (χ3n) is 3.73. The summed E-state index contributed by atoms with van der Waals surface area (Å²) in [6, 6.07) is 6.41. The fraction of sp³-hybridized carbons (Fsp3) is 0.500. The molecule has 0 saturated carbocycles. The third kappa shape index (κ3) is 4.70. The van der Waals surface area contributed by atoms with Crippen molar-refractivity contribution in [3.8, 4) is 0 Å². The van der Waals surface area contributed by atoms with Gasteiger partial charge in [-0.05, 0) is 43.0 Å². The Balaban J connectivity index is 1.92. The standard InChI is InChI=1S/C16H23N3O4S/c1-12(2)8-9-17-15(20)16(21)18-13-4-6-14(7-5-13)19-10-3-11-24(19,22)23/h4-7,12H,3,8-11H2,1-2H3,(H,17,20)(H,18,21). The van der Waals surface area contributed by atoms with E-state index >= 15 is 0 Å². The molecule has 0 bridgehead atoms. The fourth-order valence-electron chi connectivity index (χ4n) is 2.38. The molecule has 1 aliphatic heterocycles. The van der Waals surface area contributed by atoms with E-state index in [1.807, 2.05) is 13.8 Å². The summed E-state index contributed by atoms with van der Waals surface area (Å²) in [7, 11) is -3.22. The van der Waals surface area contributed by atoms with Gasteiger partial charge in [0.15, 0.2) is 0 Å². The van der Waals surface area contributed by atoms with Crippen molar-refractivity contribution >= 4 is 33.2 Å². The number of amides is 2. The number of carbonyl (C=O) groups excluding carboxylic acids is 2. The van der Waals surface area contributed by atoms with Gasteiger partial charge in [0.1, 0.15) is 0 Å². The van der Waals surface area contributed by atoms with Crippen LogP contribution in [0.3, 0.4) is 0 Å². The van der Waals surface area contributed by atoms with E-state index in [9.17, 15) is 18.0 Å². The van der Waals surface area contributed by atoms with Crippen LogP contribution in [0.25, 0.3) is 0 Å². The molecule has 0 radical (unpaired) electrons. The van der Waals surface area contributed by atoms with Crippen LogP contribution < -0.4 is 14.9 Å². The predicted molar refractivity (Wildman–Crippen MR) is 93.3 cm³/mol. The van der Waals surface area contributed by atoms with Gasteiger partial charge < -0.3 is 10.6 Å². The summed E-state index contributed by atoms with van der Waals surface area (Å²) in [6.07, 6.45) is 1.41. The zero-order chi connectivity index (χ0) is 17.7. The number of nitrogens with zero attached hydrogens (tertiary/aromatic N) is 1. The molecule has 0 atom stereocenters. The number of benzene rings is 1. The van der Waals surface area contributed by atoms with Crippen LogP contribution in [0.15, 0.2) is 24.3 Å². The lowest BCUT2D eigenvalue weighted by molar-refractivity contribution is -0.136. The predicted octanol–water partition coefficient (Wildman–Crippen LogP) is 1.33. The van der Waals surface area contributed by atoms with Gasteiger partial charge in [-0.1, -0.05) is 13.8 Å². The Morgan fingerprint density at radius 3 is 2.38 bits per heavy atom. The first-order valence-electron chi connectivity index (χ1n) is 7.99. The zero-order valence-electron chi connectivity index (χ0n) is 13.9. The van der Waals surface area contributed by atoms with Crippen molar-refractivity contribution in [1.82, 2.24) is 5.32 Å². The fourth-order valence-corrected chi connectivity index (χ4v) is 3.95. The largest absolute Gasteiger partial charge is 0.348 e. The average molecular weight is 353 g/mol. The van der Waals surface area contributed by atoms with E-state index in [1.165, 1.54) is 4.31 Å². The van der Waals surface area contributed by atoms with Gasteiger partial charge >= 0.3 is 11.8 Å². The van der Waals surface area contributed by atoms with Gasteiger partial charge in [0.2, 0.25) is 10.0 Å². The summed E-state index contributed by atoms with van der Waals surface area (Å²) in [4.78, 5) is 23.5. The molecule has 2 rings (SSSR count). The summed E-state index contributed by atoms with van der Waals surface area (Å²) < 4.78 is 25.1. The quantitative estimate of drug-likeness (QED) is 0.781. The van der Waals surface area contributed by atoms with E-state index < -0.39 is 21.8 Å². The van der Waals surface area contributed by atoms with Gasteiger partial charge in [-0.3, -0.25) is 13.9 Å². The minimum absolute atomic E-state index is 0.155. The van der Waals surface area contributed by atoms with Crippen molar-refractivity contribution in [3.63, 3.8) is 0 Å². The number of sulfonamides is 1. The highest BCUT2D eigenvalue weighted by Gasteiger charge is 2.28. The highest BCUT2D eigenvalue weighted by Crippen LogP contribution is 2.25. The summed E-state index contributed by atoms with van der Waals surface area (Å²) in [5, 5.41) is 5.06. The number of hydrogen-bond acceptors (Lipinski definition) is 4. The normalized spacial score (nSPS) is 16.2. The molecule has 1 fully saturated rings. The van der Waals surface area contributed by atoms with Gasteiger partial charge in [0, 0.05) is 18.8 Å². The Labute approximate surface area is 142 Å². The number of hydrogen-bond donors (Lipinski definition) is 2. The lowest BCUT2D eigenvalue weighted by Crippen LogP contribution is -2.36. The minimum Gasteiger partial charge on any atom is -0.348 e. The number of carbonyl (C=O) groups is 2. The van der Waals surface area contributed by atoms with Crippen molar-refractivity contribution in [2.75, 3.05) is 28.5 Å². The SMILES string of the molecule is CC(C)CCNC(=O)C(=O)Nc1ccc(N2CCCS2(=O)=O)cc1. The molecule has 0 spiro atoms. The lowest BCUT2D eigenvalue weighted by atomic mass is 10.1.